The number of rotatable bonds is 10. The Morgan fingerprint density at radius 2 is 1.51 bits per heavy atom. The summed E-state index contributed by atoms with van der Waals surface area (Å²) in [5.74, 6) is -0.298. The molecule has 1 N–H and O–H groups in total. The highest BCUT2D eigenvalue weighted by Gasteiger charge is 2.32. The van der Waals surface area contributed by atoms with Crippen LogP contribution in [0.3, 0.4) is 0 Å². The minimum atomic E-state index is -0.902. The van der Waals surface area contributed by atoms with Gasteiger partial charge in [0.2, 0.25) is 5.91 Å². The number of nitrogens with one attached hydrogen (secondary N) is 1. The predicted octanol–water partition coefficient (Wildman–Crippen LogP) is 5.85. The zero-order chi connectivity index (χ0) is 26.0. The third kappa shape index (κ3) is 7.32. The maximum absolute atomic E-state index is 13.6. The van der Waals surface area contributed by atoms with Crippen LogP contribution in [0.1, 0.15) is 22.7 Å². The summed E-state index contributed by atoms with van der Waals surface area (Å²) < 4.78 is 5.75. The van der Waals surface area contributed by atoms with E-state index in [-0.39, 0.29) is 25.0 Å². The van der Waals surface area contributed by atoms with E-state index in [1.54, 1.807) is 48.8 Å². The van der Waals surface area contributed by atoms with Gasteiger partial charge in [-0.1, -0.05) is 77.8 Å². The maximum Gasteiger partial charge on any atom is 0.261 e. The lowest BCUT2D eigenvalue weighted by molar-refractivity contribution is -0.143. The van der Waals surface area contributed by atoms with E-state index in [4.69, 9.17) is 27.9 Å². The first-order chi connectivity index (χ1) is 18.0. The monoisotopic (exact) mass is 533 g/mol. The first-order valence-corrected chi connectivity index (χ1v) is 12.4. The van der Waals surface area contributed by atoms with Gasteiger partial charge in [0.05, 0.1) is 5.02 Å². The van der Waals surface area contributed by atoms with Gasteiger partial charge in [-0.3, -0.25) is 14.6 Å². The molecule has 0 radical (unpaired) electrons. The van der Waals surface area contributed by atoms with Crippen LogP contribution in [0.4, 0.5) is 0 Å². The fourth-order valence-corrected chi connectivity index (χ4v) is 4.11. The molecule has 0 saturated carbocycles. The molecule has 1 unspecified atom stereocenters. The summed E-state index contributed by atoms with van der Waals surface area (Å²) in [6, 6.07) is 26.0. The van der Waals surface area contributed by atoms with Gasteiger partial charge in [-0.15, -0.1) is 0 Å². The number of carbonyl (C=O) groups excluding carboxylic acids is 2. The average molecular weight is 534 g/mol. The van der Waals surface area contributed by atoms with E-state index in [2.05, 4.69) is 10.3 Å². The molecular formula is C29H25Cl2N3O3. The van der Waals surface area contributed by atoms with Crippen LogP contribution in [-0.4, -0.2) is 28.3 Å². The minimum Gasteiger partial charge on any atom is -0.482 e. The Kier molecular flexibility index (Phi) is 9.13. The Balaban J connectivity index is 1.63. The van der Waals surface area contributed by atoms with Gasteiger partial charge in [-0.05, 0) is 53.1 Å². The van der Waals surface area contributed by atoms with Gasteiger partial charge in [0.1, 0.15) is 11.8 Å². The molecule has 37 heavy (non-hydrogen) atoms. The van der Waals surface area contributed by atoms with Crippen LogP contribution in [0, 0.1) is 0 Å². The SMILES string of the molecule is O=C(NCc1ccncc1)C(c1ccccc1)N(Cc1ccc(Cl)cc1)C(=O)COc1ccccc1Cl. The number of para-hydroxylation sites is 1. The molecular weight excluding hydrogens is 509 g/mol. The second-order valence-electron chi connectivity index (χ2n) is 8.25. The smallest absolute Gasteiger partial charge is 0.261 e. The average Bonchev–Trinajstić information content (AvgIpc) is 2.93. The van der Waals surface area contributed by atoms with Gasteiger partial charge < -0.3 is 15.0 Å². The van der Waals surface area contributed by atoms with Gasteiger partial charge >= 0.3 is 0 Å². The molecule has 1 aromatic heterocycles. The van der Waals surface area contributed by atoms with E-state index in [1.165, 1.54) is 4.90 Å². The van der Waals surface area contributed by atoms with Crippen molar-refractivity contribution in [3.05, 3.63) is 130 Å². The van der Waals surface area contributed by atoms with Gasteiger partial charge in [0.25, 0.3) is 5.91 Å². The first-order valence-electron chi connectivity index (χ1n) is 11.6. The van der Waals surface area contributed by atoms with Crippen molar-refractivity contribution < 1.29 is 14.3 Å². The molecule has 0 spiro atoms. The molecule has 4 rings (SSSR count). The topological polar surface area (TPSA) is 71.5 Å². The fourth-order valence-electron chi connectivity index (χ4n) is 3.79. The van der Waals surface area contributed by atoms with Crippen molar-refractivity contribution in [2.75, 3.05) is 6.61 Å². The summed E-state index contributed by atoms with van der Waals surface area (Å²) in [7, 11) is 0. The summed E-state index contributed by atoms with van der Waals surface area (Å²) >= 11 is 12.3. The Morgan fingerprint density at radius 1 is 0.838 bits per heavy atom. The quantitative estimate of drug-likeness (QED) is 0.277. The van der Waals surface area contributed by atoms with Crippen LogP contribution in [0.25, 0.3) is 0 Å². The molecule has 8 heteroatoms. The third-order valence-corrected chi connectivity index (χ3v) is 6.23. The lowest BCUT2D eigenvalue weighted by atomic mass is 10.0. The molecule has 0 saturated heterocycles. The van der Waals surface area contributed by atoms with Crippen LogP contribution in [0.5, 0.6) is 5.75 Å². The standard InChI is InChI=1S/C29H25Cl2N3O3/c30-24-12-10-22(11-13-24)19-34(27(35)20-37-26-9-5-4-8-25(26)31)28(23-6-2-1-3-7-23)29(36)33-18-21-14-16-32-17-15-21/h1-17,28H,18-20H2,(H,33,36). The highest BCUT2D eigenvalue weighted by atomic mass is 35.5. The van der Waals surface area contributed by atoms with Crippen molar-refractivity contribution in [2.45, 2.75) is 19.1 Å². The Labute approximate surface area is 225 Å². The van der Waals surface area contributed by atoms with E-state index < -0.39 is 6.04 Å². The minimum absolute atomic E-state index is 0.171. The summed E-state index contributed by atoms with van der Waals surface area (Å²) in [4.78, 5) is 32.8. The number of nitrogens with zero attached hydrogens (tertiary/aromatic N) is 2. The second kappa shape index (κ2) is 12.9. The van der Waals surface area contributed by atoms with Crippen molar-refractivity contribution in [3.8, 4) is 5.75 Å². The van der Waals surface area contributed by atoms with E-state index >= 15 is 0 Å². The second-order valence-corrected chi connectivity index (χ2v) is 9.10. The van der Waals surface area contributed by atoms with Crippen molar-refractivity contribution in [3.63, 3.8) is 0 Å². The molecule has 2 amide bonds. The lowest BCUT2D eigenvalue weighted by Crippen LogP contribution is -2.45. The Morgan fingerprint density at radius 3 is 2.22 bits per heavy atom. The Hall–Kier alpha value is -3.87. The number of carbonyl (C=O) groups is 2. The molecule has 0 bridgehead atoms. The molecule has 6 nitrogen and oxygen atoms in total. The van der Waals surface area contributed by atoms with Crippen molar-refractivity contribution >= 4 is 35.0 Å². The number of aromatic nitrogens is 1. The number of benzene rings is 3. The molecule has 0 aliphatic rings. The van der Waals surface area contributed by atoms with Gasteiger partial charge in [0.15, 0.2) is 6.61 Å². The zero-order valence-electron chi connectivity index (χ0n) is 19.9. The van der Waals surface area contributed by atoms with Crippen LogP contribution in [-0.2, 0) is 22.7 Å². The molecule has 1 atom stereocenters. The molecule has 0 fully saturated rings. The maximum atomic E-state index is 13.6. The number of hydrogen-bond donors (Lipinski definition) is 1. The van der Waals surface area contributed by atoms with Gasteiger partial charge in [-0.2, -0.15) is 0 Å². The highest BCUT2D eigenvalue weighted by molar-refractivity contribution is 6.32. The zero-order valence-corrected chi connectivity index (χ0v) is 21.4. The van der Waals surface area contributed by atoms with Gasteiger partial charge in [0, 0.05) is 30.5 Å². The number of pyridine rings is 1. The molecule has 188 valence electrons. The molecule has 4 aromatic rings. The van der Waals surface area contributed by atoms with E-state index in [9.17, 15) is 9.59 Å². The Bertz CT molecular complexity index is 1320. The summed E-state index contributed by atoms with van der Waals surface area (Å²) in [5, 5.41) is 3.95. The summed E-state index contributed by atoms with van der Waals surface area (Å²) in [5.41, 5.74) is 2.39. The first kappa shape index (κ1) is 26.2. The normalized spacial score (nSPS) is 11.4. The van der Waals surface area contributed by atoms with Crippen molar-refractivity contribution in [1.82, 2.24) is 15.2 Å². The molecule has 0 aliphatic heterocycles. The summed E-state index contributed by atoms with van der Waals surface area (Å²) in [6.07, 6.45) is 3.33. The number of hydrogen-bond acceptors (Lipinski definition) is 4. The third-order valence-electron chi connectivity index (χ3n) is 5.67. The number of halogens is 2. The number of ether oxygens (including phenoxy) is 1. The van der Waals surface area contributed by atoms with E-state index in [0.29, 0.717) is 27.9 Å². The lowest BCUT2D eigenvalue weighted by Gasteiger charge is -2.31. The molecule has 1 heterocycles. The van der Waals surface area contributed by atoms with E-state index in [0.717, 1.165) is 11.1 Å². The largest absolute Gasteiger partial charge is 0.482 e. The summed E-state index contributed by atoms with van der Waals surface area (Å²) in [6.45, 7) is 0.173. The highest BCUT2D eigenvalue weighted by Crippen LogP contribution is 2.27. The van der Waals surface area contributed by atoms with Crippen molar-refractivity contribution in [2.24, 2.45) is 0 Å². The number of amides is 2. The van der Waals surface area contributed by atoms with E-state index in [1.807, 2.05) is 54.6 Å². The van der Waals surface area contributed by atoms with Crippen LogP contribution < -0.4 is 10.1 Å². The fraction of sp³-hybridized carbons (Fsp3) is 0.138. The van der Waals surface area contributed by atoms with Crippen LogP contribution >= 0.6 is 23.2 Å². The van der Waals surface area contributed by atoms with Crippen LogP contribution in [0.15, 0.2) is 103 Å². The predicted molar refractivity (Wildman–Crippen MR) is 144 cm³/mol. The van der Waals surface area contributed by atoms with Gasteiger partial charge in [-0.25, -0.2) is 0 Å². The molecule has 0 aliphatic carbocycles. The van der Waals surface area contributed by atoms with Crippen molar-refractivity contribution in [1.29, 1.82) is 0 Å². The van der Waals surface area contributed by atoms with Crippen LogP contribution in [0.2, 0.25) is 10.0 Å². The molecule has 3 aromatic carbocycles.